The van der Waals surface area contributed by atoms with E-state index in [-0.39, 0.29) is 55.0 Å². The number of sulfonamides is 1. The molecular weight excluding hydrogens is 474 g/mol. The number of nitro groups is 1. The number of hydrogen-bond acceptors (Lipinski definition) is 6. The van der Waals surface area contributed by atoms with Gasteiger partial charge in [-0.1, -0.05) is 24.3 Å². The highest BCUT2D eigenvalue weighted by Gasteiger charge is 2.33. The third-order valence-electron chi connectivity index (χ3n) is 5.99. The van der Waals surface area contributed by atoms with E-state index in [1.165, 1.54) is 34.3 Å². The smallest absolute Gasteiger partial charge is 0.270 e. The van der Waals surface area contributed by atoms with Crippen LogP contribution in [0.4, 0.5) is 5.69 Å². The Morgan fingerprint density at radius 2 is 1.83 bits per heavy atom. The summed E-state index contributed by atoms with van der Waals surface area (Å²) >= 11 is 0. The van der Waals surface area contributed by atoms with Gasteiger partial charge in [0.05, 0.1) is 9.82 Å². The van der Waals surface area contributed by atoms with Crippen molar-refractivity contribution in [1.29, 1.82) is 0 Å². The standard InChI is InChI=1S/C23H25N5O6S/c1-16(29)25-22(13-17-15-24-21-8-3-2-7-20(17)21)23(30)26-9-11-27(12-10-26)35(33,34)19-6-4-5-18(14-19)28(31)32/h2-8,14-15,22,24H,9-13H2,1H3,(H,25,29)/t22-/m0/s1. The number of benzene rings is 2. The molecular formula is C23H25N5O6S. The number of H-pyrrole nitrogens is 1. The molecule has 3 aromatic rings. The number of nitrogens with one attached hydrogen (secondary N) is 2. The van der Waals surface area contributed by atoms with Gasteiger partial charge in [0.1, 0.15) is 6.04 Å². The molecule has 0 unspecified atom stereocenters. The number of carbonyl (C=O) groups excluding carboxylic acids is 2. The quantitative estimate of drug-likeness (QED) is 0.373. The van der Waals surface area contributed by atoms with Gasteiger partial charge < -0.3 is 15.2 Å². The lowest BCUT2D eigenvalue weighted by Gasteiger charge is -2.35. The molecule has 0 radical (unpaired) electrons. The van der Waals surface area contributed by atoms with Gasteiger partial charge >= 0.3 is 0 Å². The predicted octanol–water partition coefficient (Wildman–Crippen LogP) is 1.66. The summed E-state index contributed by atoms with van der Waals surface area (Å²) in [5, 5.41) is 14.7. The normalized spacial score (nSPS) is 15.6. The highest BCUT2D eigenvalue weighted by molar-refractivity contribution is 7.89. The molecule has 12 heteroatoms. The van der Waals surface area contributed by atoms with Crippen molar-refractivity contribution in [3.8, 4) is 0 Å². The predicted molar refractivity (Wildman–Crippen MR) is 128 cm³/mol. The molecule has 2 N–H and O–H groups in total. The van der Waals surface area contributed by atoms with Crippen molar-refractivity contribution in [3.63, 3.8) is 0 Å². The van der Waals surface area contributed by atoms with Crippen molar-refractivity contribution < 1.29 is 22.9 Å². The van der Waals surface area contributed by atoms with Crippen LogP contribution in [0.3, 0.4) is 0 Å². The van der Waals surface area contributed by atoms with E-state index >= 15 is 0 Å². The van der Waals surface area contributed by atoms with E-state index in [0.717, 1.165) is 22.5 Å². The number of amides is 2. The van der Waals surface area contributed by atoms with Crippen LogP contribution >= 0.6 is 0 Å². The van der Waals surface area contributed by atoms with E-state index in [9.17, 15) is 28.1 Å². The maximum atomic E-state index is 13.3. The minimum absolute atomic E-state index is 0.0383. The number of piperazine rings is 1. The number of hydrogen-bond donors (Lipinski definition) is 2. The van der Waals surface area contributed by atoms with E-state index in [1.54, 1.807) is 0 Å². The van der Waals surface area contributed by atoms with Gasteiger partial charge in [-0.3, -0.25) is 19.7 Å². The van der Waals surface area contributed by atoms with Crippen molar-refractivity contribution in [2.45, 2.75) is 24.3 Å². The second-order valence-corrected chi connectivity index (χ2v) is 10.2. The Morgan fingerprint density at radius 3 is 2.51 bits per heavy atom. The summed E-state index contributed by atoms with van der Waals surface area (Å²) in [5.74, 6) is -0.632. The van der Waals surface area contributed by atoms with Crippen molar-refractivity contribution in [2.24, 2.45) is 0 Å². The molecule has 0 spiro atoms. The van der Waals surface area contributed by atoms with Gasteiger partial charge in [0, 0.05) is 68.8 Å². The zero-order valence-corrected chi connectivity index (χ0v) is 19.8. The molecule has 0 aliphatic carbocycles. The fraction of sp³-hybridized carbons (Fsp3) is 0.304. The SMILES string of the molecule is CC(=O)N[C@@H](Cc1c[nH]c2ccccc12)C(=O)N1CCN(S(=O)(=O)c2cccc([N+](=O)[O-])c2)CC1. The molecule has 11 nitrogen and oxygen atoms in total. The third kappa shape index (κ3) is 5.17. The first kappa shape index (κ1) is 24.4. The average Bonchev–Trinajstić information content (AvgIpc) is 3.26. The van der Waals surface area contributed by atoms with E-state index in [1.807, 2.05) is 30.5 Å². The topological polar surface area (TPSA) is 146 Å². The maximum absolute atomic E-state index is 13.3. The number of non-ortho nitro benzene ring substituents is 1. The first-order chi connectivity index (χ1) is 16.7. The van der Waals surface area contributed by atoms with Gasteiger partial charge in [-0.05, 0) is 17.7 Å². The van der Waals surface area contributed by atoms with Crippen LogP contribution in [0.15, 0.2) is 59.6 Å². The first-order valence-corrected chi connectivity index (χ1v) is 12.5. The molecule has 2 heterocycles. The number of nitro benzene ring substituents is 1. The first-order valence-electron chi connectivity index (χ1n) is 11.0. The van der Waals surface area contributed by atoms with E-state index in [2.05, 4.69) is 10.3 Å². The third-order valence-corrected chi connectivity index (χ3v) is 7.89. The number of aromatic amines is 1. The lowest BCUT2D eigenvalue weighted by atomic mass is 10.0. The molecule has 1 aliphatic rings. The molecule has 2 amide bonds. The average molecular weight is 500 g/mol. The van der Waals surface area contributed by atoms with Crippen LogP contribution in [0.1, 0.15) is 12.5 Å². The van der Waals surface area contributed by atoms with Gasteiger partial charge in [0.2, 0.25) is 21.8 Å². The molecule has 1 aromatic heterocycles. The fourth-order valence-corrected chi connectivity index (χ4v) is 5.70. The molecule has 2 aromatic carbocycles. The zero-order chi connectivity index (χ0) is 25.2. The van der Waals surface area contributed by atoms with Crippen LogP contribution in [0.25, 0.3) is 10.9 Å². The molecule has 4 rings (SSSR count). The lowest BCUT2D eigenvalue weighted by molar-refractivity contribution is -0.385. The van der Waals surface area contributed by atoms with Crippen LogP contribution < -0.4 is 5.32 Å². The number of fused-ring (bicyclic) bond motifs is 1. The second-order valence-electron chi connectivity index (χ2n) is 8.30. The van der Waals surface area contributed by atoms with Gasteiger partial charge in [0.25, 0.3) is 5.69 Å². The Kier molecular flexibility index (Phi) is 6.85. The Hall–Kier alpha value is -3.77. The Morgan fingerprint density at radius 1 is 1.11 bits per heavy atom. The summed E-state index contributed by atoms with van der Waals surface area (Å²) < 4.78 is 27.2. The summed E-state index contributed by atoms with van der Waals surface area (Å²) in [5.41, 5.74) is 1.51. The number of aromatic nitrogens is 1. The summed E-state index contributed by atoms with van der Waals surface area (Å²) in [6, 6.07) is 11.8. The van der Waals surface area contributed by atoms with Crippen LogP contribution in [-0.4, -0.2) is 71.6 Å². The van der Waals surface area contributed by atoms with Gasteiger partial charge in [-0.25, -0.2) is 8.42 Å². The molecule has 1 atom stereocenters. The van der Waals surface area contributed by atoms with Gasteiger partial charge in [0.15, 0.2) is 0 Å². The van der Waals surface area contributed by atoms with E-state index in [0.29, 0.717) is 0 Å². The molecule has 0 bridgehead atoms. The number of rotatable bonds is 7. The fourth-order valence-electron chi connectivity index (χ4n) is 4.24. The molecule has 1 aliphatic heterocycles. The zero-order valence-electron chi connectivity index (χ0n) is 19.0. The summed E-state index contributed by atoms with van der Waals surface area (Å²) in [7, 11) is -3.95. The van der Waals surface area contributed by atoms with Crippen LogP contribution in [0.5, 0.6) is 0 Å². The number of nitrogens with zero attached hydrogens (tertiary/aromatic N) is 3. The number of carbonyl (C=O) groups is 2. The molecule has 184 valence electrons. The Bertz CT molecular complexity index is 1380. The minimum Gasteiger partial charge on any atom is -0.361 e. The highest BCUT2D eigenvalue weighted by Crippen LogP contribution is 2.23. The largest absolute Gasteiger partial charge is 0.361 e. The second kappa shape index (κ2) is 9.84. The van der Waals surface area contributed by atoms with E-state index < -0.39 is 21.0 Å². The Labute approximate surface area is 201 Å². The van der Waals surface area contributed by atoms with Crippen LogP contribution in [0.2, 0.25) is 0 Å². The lowest BCUT2D eigenvalue weighted by Crippen LogP contribution is -2.56. The van der Waals surface area contributed by atoms with Crippen molar-refractivity contribution >= 4 is 38.4 Å². The van der Waals surface area contributed by atoms with E-state index in [4.69, 9.17) is 0 Å². The summed E-state index contributed by atoms with van der Waals surface area (Å²) in [4.78, 5) is 40.0. The molecule has 0 saturated carbocycles. The van der Waals surface area contributed by atoms with Crippen LogP contribution in [0, 0.1) is 10.1 Å². The van der Waals surface area contributed by atoms with Crippen molar-refractivity contribution in [1.82, 2.24) is 19.5 Å². The van der Waals surface area contributed by atoms with Crippen LogP contribution in [-0.2, 0) is 26.0 Å². The molecule has 1 saturated heterocycles. The highest BCUT2D eigenvalue weighted by atomic mass is 32.2. The summed E-state index contributed by atoms with van der Waals surface area (Å²) in [6.07, 6.45) is 2.10. The maximum Gasteiger partial charge on any atom is 0.270 e. The van der Waals surface area contributed by atoms with Gasteiger partial charge in [-0.15, -0.1) is 0 Å². The van der Waals surface area contributed by atoms with Crippen molar-refractivity contribution in [3.05, 3.63) is 70.4 Å². The molecule has 35 heavy (non-hydrogen) atoms. The molecule has 1 fully saturated rings. The summed E-state index contributed by atoms with van der Waals surface area (Å²) in [6.45, 7) is 1.69. The number of para-hydroxylation sites is 1. The van der Waals surface area contributed by atoms with Crippen molar-refractivity contribution in [2.75, 3.05) is 26.2 Å². The minimum atomic E-state index is -3.95. The Balaban J connectivity index is 1.46. The monoisotopic (exact) mass is 499 g/mol. The van der Waals surface area contributed by atoms with Gasteiger partial charge in [-0.2, -0.15) is 4.31 Å².